The maximum absolute atomic E-state index is 6.17. The molecule has 0 bridgehead atoms. The summed E-state index contributed by atoms with van der Waals surface area (Å²) in [6.07, 6.45) is 7.32. The highest BCUT2D eigenvalue weighted by molar-refractivity contribution is 7.09. The Bertz CT molecular complexity index is 882. The van der Waals surface area contributed by atoms with E-state index in [1.807, 2.05) is 24.1 Å². The van der Waals surface area contributed by atoms with E-state index in [1.165, 1.54) is 4.88 Å². The van der Waals surface area contributed by atoms with E-state index in [0.717, 1.165) is 36.0 Å². The first-order valence-electron chi connectivity index (χ1n) is 9.36. The second-order valence-corrected chi connectivity index (χ2v) is 10.5. The molecule has 3 rings (SSSR count). The summed E-state index contributed by atoms with van der Waals surface area (Å²) < 4.78 is 6.17. The van der Waals surface area contributed by atoms with Gasteiger partial charge >= 0.3 is 0 Å². The molecule has 0 aliphatic heterocycles. The third kappa shape index (κ3) is 4.49. The van der Waals surface area contributed by atoms with Gasteiger partial charge in [0.2, 0.25) is 0 Å². The molecule has 6 heteroatoms. The molecule has 0 aliphatic carbocycles. The number of rotatable bonds is 6. The van der Waals surface area contributed by atoms with Crippen molar-refractivity contribution in [3.63, 3.8) is 0 Å². The lowest BCUT2D eigenvalue weighted by molar-refractivity contribution is 0.342. The van der Waals surface area contributed by atoms with Crippen LogP contribution in [0.5, 0.6) is 0 Å². The van der Waals surface area contributed by atoms with Gasteiger partial charge in [-0.15, -0.1) is 11.3 Å². The van der Waals surface area contributed by atoms with Crippen LogP contribution in [-0.2, 0) is 29.1 Å². The molecule has 0 amide bonds. The van der Waals surface area contributed by atoms with E-state index in [2.05, 4.69) is 68.4 Å². The number of nitrogens with zero attached hydrogens (tertiary/aromatic N) is 3. The maximum atomic E-state index is 6.17. The predicted molar refractivity (Wildman–Crippen MR) is 109 cm³/mol. The molecule has 146 valence electrons. The van der Waals surface area contributed by atoms with Gasteiger partial charge in [-0.2, -0.15) is 0 Å². The maximum Gasteiger partial charge on any atom is 0.195 e. The van der Waals surface area contributed by atoms with Crippen molar-refractivity contribution in [2.45, 2.75) is 77.6 Å². The molecular formula is C21H30N4OS. The number of H-pyrrole nitrogens is 1. The number of nitrogens with one attached hydrogen (secondary N) is 1. The molecule has 0 radical (unpaired) electrons. The van der Waals surface area contributed by atoms with Gasteiger partial charge in [-0.1, -0.05) is 48.5 Å². The molecule has 27 heavy (non-hydrogen) atoms. The summed E-state index contributed by atoms with van der Waals surface area (Å²) in [4.78, 5) is 18.0. The minimum atomic E-state index is -0.165. The van der Waals surface area contributed by atoms with Crippen LogP contribution in [0.3, 0.4) is 0 Å². The summed E-state index contributed by atoms with van der Waals surface area (Å²) in [5, 5.41) is 0. The lowest BCUT2D eigenvalue weighted by Gasteiger charge is -2.22. The van der Waals surface area contributed by atoms with E-state index < -0.39 is 0 Å². The van der Waals surface area contributed by atoms with E-state index in [-0.39, 0.29) is 16.2 Å². The van der Waals surface area contributed by atoms with Gasteiger partial charge in [0.05, 0.1) is 11.7 Å². The molecule has 0 aliphatic rings. The van der Waals surface area contributed by atoms with Crippen molar-refractivity contribution in [1.82, 2.24) is 19.9 Å². The van der Waals surface area contributed by atoms with Crippen molar-refractivity contribution < 1.29 is 4.42 Å². The SMILES string of the molecule is CC(C)(C)c1ncc(CC(C)(C)c2cnc(CC(C)(C)c3cncs3)o2)[nH]1. The summed E-state index contributed by atoms with van der Waals surface area (Å²) in [7, 11) is 0. The van der Waals surface area contributed by atoms with E-state index in [0.29, 0.717) is 0 Å². The summed E-state index contributed by atoms with van der Waals surface area (Å²) in [5.41, 5.74) is 2.80. The fourth-order valence-electron chi connectivity index (χ4n) is 3.11. The number of thiazole rings is 1. The Morgan fingerprint density at radius 3 is 2.26 bits per heavy atom. The Morgan fingerprint density at radius 1 is 0.926 bits per heavy atom. The van der Waals surface area contributed by atoms with Crippen molar-refractivity contribution in [2.75, 3.05) is 0 Å². The lowest BCUT2D eigenvalue weighted by Crippen LogP contribution is -2.21. The molecule has 0 fully saturated rings. The van der Waals surface area contributed by atoms with E-state index in [9.17, 15) is 0 Å². The van der Waals surface area contributed by atoms with Gasteiger partial charge in [0.1, 0.15) is 11.6 Å². The number of hydrogen-bond acceptors (Lipinski definition) is 5. The normalized spacial score (nSPS) is 13.3. The summed E-state index contributed by atoms with van der Waals surface area (Å²) in [6.45, 7) is 15.3. The number of aromatic nitrogens is 4. The van der Waals surface area contributed by atoms with Gasteiger partial charge in [0.25, 0.3) is 0 Å². The summed E-state index contributed by atoms with van der Waals surface area (Å²) in [5.74, 6) is 2.69. The van der Waals surface area contributed by atoms with Crippen LogP contribution in [0.25, 0.3) is 0 Å². The van der Waals surface area contributed by atoms with Crippen LogP contribution in [0.2, 0.25) is 0 Å². The zero-order valence-electron chi connectivity index (χ0n) is 17.4. The van der Waals surface area contributed by atoms with Gasteiger partial charge in [0, 0.05) is 52.1 Å². The highest BCUT2D eigenvalue weighted by Crippen LogP contribution is 2.33. The van der Waals surface area contributed by atoms with Crippen LogP contribution in [0.4, 0.5) is 0 Å². The molecule has 5 nitrogen and oxygen atoms in total. The van der Waals surface area contributed by atoms with Crippen molar-refractivity contribution >= 4 is 11.3 Å². The molecule has 1 N–H and O–H groups in total. The predicted octanol–water partition coefficient (Wildman–Crippen LogP) is 5.19. The molecule has 3 aromatic heterocycles. The number of hydrogen-bond donors (Lipinski definition) is 1. The third-order valence-electron chi connectivity index (χ3n) is 4.88. The Kier molecular flexibility index (Phi) is 5.06. The van der Waals surface area contributed by atoms with Crippen molar-refractivity contribution in [3.05, 3.63) is 52.1 Å². The van der Waals surface area contributed by atoms with Crippen molar-refractivity contribution in [2.24, 2.45) is 0 Å². The number of imidazole rings is 1. The molecule has 0 saturated carbocycles. The lowest BCUT2D eigenvalue weighted by atomic mass is 9.86. The van der Waals surface area contributed by atoms with Crippen LogP contribution in [0.1, 0.15) is 76.5 Å². The van der Waals surface area contributed by atoms with Crippen LogP contribution < -0.4 is 0 Å². The van der Waals surface area contributed by atoms with Crippen LogP contribution >= 0.6 is 11.3 Å². The Labute approximate surface area is 165 Å². The molecule has 0 saturated heterocycles. The summed E-state index contributed by atoms with van der Waals surface area (Å²) >= 11 is 1.68. The van der Waals surface area contributed by atoms with Gasteiger partial charge < -0.3 is 9.40 Å². The number of oxazole rings is 1. The molecule has 3 aromatic rings. The quantitative estimate of drug-likeness (QED) is 0.633. The highest BCUT2D eigenvalue weighted by Gasteiger charge is 2.30. The first-order valence-corrected chi connectivity index (χ1v) is 10.2. The molecule has 0 atom stereocenters. The largest absolute Gasteiger partial charge is 0.445 e. The van der Waals surface area contributed by atoms with Crippen LogP contribution in [-0.4, -0.2) is 19.9 Å². The number of aromatic amines is 1. The van der Waals surface area contributed by atoms with Crippen molar-refractivity contribution in [3.8, 4) is 0 Å². The van der Waals surface area contributed by atoms with E-state index in [4.69, 9.17) is 4.42 Å². The smallest absolute Gasteiger partial charge is 0.195 e. The monoisotopic (exact) mass is 386 g/mol. The summed E-state index contributed by atoms with van der Waals surface area (Å²) in [6, 6.07) is 0. The Hall–Kier alpha value is -1.95. The molecule has 3 heterocycles. The second kappa shape index (κ2) is 6.89. The van der Waals surface area contributed by atoms with Crippen LogP contribution in [0.15, 0.2) is 28.5 Å². The van der Waals surface area contributed by atoms with Gasteiger partial charge in [0.15, 0.2) is 5.89 Å². The van der Waals surface area contributed by atoms with Gasteiger partial charge in [-0.25, -0.2) is 9.97 Å². The molecular weight excluding hydrogens is 356 g/mol. The van der Waals surface area contributed by atoms with Gasteiger partial charge in [-0.3, -0.25) is 4.98 Å². The zero-order valence-corrected chi connectivity index (χ0v) is 18.2. The van der Waals surface area contributed by atoms with Gasteiger partial charge in [-0.05, 0) is 0 Å². The fourth-order valence-corrected chi connectivity index (χ4v) is 3.86. The highest BCUT2D eigenvalue weighted by atomic mass is 32.1. The Morgan fingerprint density at radius 2 is 1.67 bits per heavy atom. The third-order valence-corrected chi connectivity index (χ3v) is 6.02. The topological polar surface area (TPSA) is 67.6 Å². The zero-order chi connectivity index (χ0) is 19.9. The first kappa shape index (κ1) is 19.8. The average Bonchev–Trinajstić information content (AvgIpc) is 3.27. The average molecular weight is 387 g/mol. The molecule has 0 unspecified atom stereocenters. The Balaban J connectivity index is 1.73. The van der Waals surface area contributed by atoms with E-state index >= 15 is 0 Å². The minimum absolute atomic E-state index is 0.0179. The fraction of sp³-hybridized carbons (Fsp3) is 0.571. The minimum Gasteiger partial charge on any atom is -0.445 e. The molecule has 0 spiro atoms. The van der Waals surface area contributed by atoms with Crippen molar-refractivity contribution in [1.29, 1.82) is 0 Å². The van der Waals surface area contributed by atoms with Crippen LogP contribution in [0, 0.1) is 0 Å². The standard InChI is InChI=1S/C21H30N4OS/c1-19(2,3)18-24-10-14(25-18)8-20(4,5)15-11-23-17(26-15)9-21(6,7)16-12-22-13-27-16/h10-13H,8-9H2,1-7H3,(H,24,25). The first-order chi connectivity index (χ1) is 12.5. The second-order valence-electron chi connectivity index (χ2n) is 9.61. The molecule has 0 aromatic carbocycles. The van der Waals surface area contributed by atoms with E-state index in [1.54, 1.807) is 11.3 Å².